The molecule has 0 aromatic heterocycles. The van der Waals surface area contributed by atoms with Gasteiger partial charge >= 0.3 is 29.6 Å². The molecule has 0 aliphatic carbocycles. The van der Waals surface area contributed by atoms with Crippen LogP contribution in [0, 0.1) is 10.1 Å². The molecule has 104 valence electrons. The Balaban J connectivity index is 0.00000176. The second kappa shape index (κ2) is 5.88. The van der Waals surface area contributed by atoms with Crippen molar-refractivity contribution >= 4 is 23.2 Å². The topological polar surface area (TPSA) is 104 Å². The predicted molar refractivity (Wildman–Crippen MR) is 70.1 cm³/mol. The molecule has 22 heavy (non-hydrogen) atoms. The molecule has 1 heterocycles. The van der Waals surface area contributed by atoms with Crippen LogP contribution in [0.15, 0.2) is 42.5 Å². The van der Waals surface area contributed by atoms with E-state index in [1.807, 2.05) is 0 Å². The number of carbonyl (C=O) groups excluding carboxylic acids is 2. The SMILES string of the molecule is O=C1c2ccccc2C(=O)N1c1ccc([N+](=O)[O-])cc1[O-].[Na+]. The molecule has 0 atom stereocenters. The van der Waals surface area contributed by atoms with Crippen molar-refractivity contribution in [2.75, 3.05) is 4.90 Å². The maximum atomic E-state index is 12.2. The van der Waals surface area contributed by atoms with Crippen LogP contribution in [0.4, 0.5) is 11.4 Å². The number of nitro benzene ring substituents is 1. The zero-order valence-corrected chi connectivity index (χ0v) is 13.5. The van der Waals surface area contributed by atoms with E-state index in [1.54, 1.807) is 12.1 Å². The van der Waals surface area contributed by atoms with E-state index in [9.17, 15) is 24.8 Å². The van der Waals surface area contributed by atoms with Crippen LogP contribution >= 0.6 is 0 Å². The summed E-state index contributed by atoms with van der Waals surface area (Å²) in [6.45, 7) is 0. The van der Waals surface area contributed by atoms with E-state index in [4.69, 9.17) is 0 Å². The van der Waals surface area contributed by atoms with Crippen molar-refractivity contribution in [2.24, 2.45) is 0 Å². The molecule has 2 aromatic rings. The standard InChI is InChI=1S/C14H8N2O5.Na/c17-12-7-8(16(20)21)5-6-11(12)15-13(18)9-3-1-2-4-10(9)14(15)19;/h1-7,17H;/q;+1/p-1. The van der Waals surface area contributed by atoms with Crippen LogP contribution in [0.2, 0.25) is 0 Å². The molecule has 1 aliphatic rings. The molecule has 2 aromatic carbocycles. The number of amides is 2. The first-order valence-electron chi connectivity index (χ1n) is 5.94. The van der Waals surface area contributed by atoms with Crippen LogP contribution in [-0.4, -0.2) is 16.7 Å². The van der Waals surface area contributed by atoms with Crippen molar-refractivity contribution in [3.63, 3.8) is 0 Å². The average molecular weight is 306 g/mol. The third kappa shape index (κ3) is 2.39. The van der Waals surface area contributed by atoms with Crippen LogP contribution in [0.5, 0.6) is 5.75 Å². The summed E-state index contributed by atoms with van der Waals surface area (Å²) in [5, 5.41) is 22.5. The maximum absolute atomic E-state index is 12.2. The Labute approximate surface area is 146 Å². The zero-order valence-electron chi connectivity index (χ0n) is 11.5. The molecule has 0 radical (unpaired) electrons. The summed E-state index contributed by atoms with van der Waals surface area (Å²) in [7, 11) is 0. The molecule has 7 nitrogen and oxygen atoms in total. The number of nitrogens with zero attached hydrogens (tertiary/aromatic N) is 2. The number of non-ortho nitro benzene ring substituents is 1. The smallest absolute Gasteiger partial charge is 0.871 e. The Bertz CT molecular complexity index is 771. The minimum absolute atomic E-state index is 0. The summed E-state index contributed by atoms with van der Waals surface area (Å²) < 4.78 is 0. The van der Waals surface area contributed by atoms with Gasteiger partial charge in [0.2, 0.25) is 0 Å². The van der Waals surface area contributed by atoms with Gasteiger partial charge in [-0.15, -0.1) is 0 Å². The fraction of sp³-hybridized carbons (Fsp3) is 0. The number of hydrogen-bond donors (Lipinski definition) is 0. The van der Waals surface area contributed by atoms with E-state index < -0.39 is 22.5 Å². The van der Waals surface area contributed by atoms with E-state index in [2.05, 4.69) is 0 Å². The van der Waals surface area contributed by atoms with Crippen molar-refractivity contribution in [2.45, 2.75) is 0 Å². The van der Waals surface area contributed by atoms with Gasteiger partial charge in [-0.1, -0.05) is 17.9 Å². The fourth-order valence-electron chi connectivity index (χ4n) is 2.21. The van der Waals surface area contributed by atoms with E-state index >= 15 is 0 Å². The average Bonchev–Trinajstić information content (AvgIpc) is 2.72. The van der Waals surface area contributed by atoms with E-state index in [0.717, 1.165) is 23.1 Å². The van der Waals surface area contributed by atoms with Gasteiger partial charge in [0.1, 0.15) is 0 Å². The Morgan fingerprint density at radius 1 is 0.955 bits per heavy atom. The number of carbonyl (C=O) groups is 2. The van der Waals surface area contributed by atoms with E-state index in [1.165, 1.54) is 12.1 Å². The first kappa shape index (κ1) is 16.2. The van der Waals surface area contributed by atoms with Crippen LogP contribution in [0.3, 0.4) is 0 Å². The molecule has 0 unspecified atom stereocenters. The van der Waals surface area contributed by atoms with E-state index in [0.29, 0.717) is 0 Å². The molecule has 2 amide bonds. The number of nitro groups is 1. The minimum Gasteiger partial charge on any atom is -0.871 e. The molecule has 0 saturated carbocycles. The second-order valence-corrected chi connectivity index (χ2v) is 4.40. The van der Waals surface area contributed by atoms with Gasteiger partial charge in [-0.25, -0.2) is 4.90 Å². The van der Waals surface area contributed by atoms with Crippen molar-refractivity contribution in [1.82, 2.24) is 0 Å². The van der Waals surface area contributed by atoms with Crippen LogP contribution in [0.25, 0.3) is 0 Å². The quantitative estimate of drug-likeness (QED) is 0.290. The van der Waals surface area contributed by atoms with Gasteiger partial charge in [0, 0.05) is 17.8 Å². The van der Waals surface area contributed by atoms with Crippen LogP contribution in [0.1, 0.15) is 20.7 Å². The fourth-order valence-corrected chi connectivity index (χ4v) is 2.21. The molecule has 8 heteroatoms. The van der Waals surface area contributed by atoms with Gasteiger partial charge in [0.05, 0.1) is 16.1 Å². The van der Waals surface area contributed by atoms with Gasteiger partial charge in [-0.2, -0.15) is 0 Å². The summed E-state index contributed by atoms with van der Waals surface area (Å²) in [5.41, 5.74) is -0.160. The molecule has 3 rings (SSSR count). The number of fused-ring (bicyclic) bond motifs is 1. The third-order valence-electron chi connectivity index (χ3n) is 3.19. The Hall–Kier alpha value is -2.22. The second-order valence-electron chi connectivity index (χ2n) is 4.40. The van der Waals surface area contributed by atoms with Crippen LogP contribution in [-0.2, 0) is 0 Å². The normalized spacial score (nSPS) is 12.8. The number of anilines is 1. The first-order chi connectivity index (χ1) is 10.0. The van der Waals surface area contributed by atoms with Gasteiger partial charge in [-0.3, -0.25) is 19.7 Å². The molecule has 0 N–H and O–H groups in total. The van der Waals surface area contributed by atoms with Gasteiger partial charge < -0.3 is 5.11 Å². The molecular weight excluding hydrogens is 299 g/mol. The molecule has 0 bridgehead atoms. The van der Waals surface area contributed by atoms with Crippen molar-refractivity contribution < 1.29 is 49.2 Å². The minimum atomic E-state index is -0.751. The zero-order chi connectivity index (χ0) is 15.1. The predicted octanol–water partition coefficient (Wildman–Crippen LogP) is -1.53. The third-order valence-corrected chi connectivity index (χ3v) is 3.19. The Morgan fingerprint density at radius 2 is 1.50 bits per heavy atom. The molecular formula is C14H7N2NaO5. The number of imide groups is 1. The van der Waals surface area contributed by atoms with Gasteiger partial charge in [0.25, 0.3) is 17.5 Å². The summed E-state index contributed by atoms with van der Waals surface area (Å²) in [5.74, 6) is -1.97. The van der Waals surface area contributed by atoms with Crippen LogP contribution < -0.4 is 39.6 Å². The number of hydrogen-bond acceptors (Lipinski definition) is 5. The molecule has 0 fully saturated rings. The molecule has 1 aliphatic heterocycles. The summed E-state index contributed by atoms with van der Waals surface area (Å²) in [4.78, 5) is 35.1. The van der Waals surface area contributed by atoms with E-state index in [-0.39, 0.29) is 52.1 Å². The Kier molecular flexibility index (Phi) is 4.32. The van der Waals surface area contributed by atoms with Crippen molar-refractivity contribution in [3.05, 3.63) is 63.7 Å². The molecule has 0 spiro atoms. The van der Waals surface area contributed by atoms with Gasteiger partial charge in [0.15, 0.2) is 0 Å². The monoisotopic (exact) mass is 306 g/mol. The van der Waals surface area contributed by atoms with Crippen molar-refractivity contribution in [3.8, 4) is 5.75 Å². The summed E-state index contributed by atoms with van der Waals surface area (Å²) >= 11 is 0. The summed E-state index contributed by atoms with van der Waals surface area (Å²) in [6, 6.07) is 9.20. The molecule has 0 saturated heterocycles. The maximum Gasteiger partial charge on any atom is 1.00 e. The number of rotatable bonds is 2. The summed E-state index contributed by atoms with van der Waals surface area (Å²) in [6.07, 6.45) is 0. The number of benzene rings is 2. The largest absolute Gasteiger partial charge is 1.00 e. The first-order valence-corrected chi connectivity index (χ1v) is 5.94. The Morgan fingerprint density at radius 3 is 1.95 bits per heavy atom. The van der Waals surface area contributed by atoms with Crippen molar-refractivity contribution in [1.29, 1.82) is 0 Å². The van der Waals surface area contributed by atoms with Gasteiger partial charge in [-0.05, 0) is 18.2 Å².